The Bertz CT molecular complexity index is 858. The zero-order chi connectivity index (χ0) is 17.8. The number of nitro groups is 1. The molecule has 0 aromatic heterocycles. The van der Waals surface area contributed by atoms with Crippen molar-refractivity contribution in [2.24, 2.45) is 4.99 Å². The SMILES string of the molecule is CNc1ccc([N+](=O)[O-])cc1/C=C/C1=NCCN(C)c2ccccc21. The Labute approximate surface area is 146 Å². The predicted octanol–water partition coefficient (Wildman–Crippen LogP) is 3.59. The summed E-state index contributed by atoms with van der Waals surface area (Å²) in [5.74, 6) is 0. The molecule has 0 aliphatic carbocycles. The largest absolute Gasteiger partial charge is 0.388 e. The fourth-order valence-electron chi connectivity index (χ4n) is 2.89. The van der Waals surface area contributed by atoms with E-state index in [9.17, 15) is 10.1 Å². The maximum absolute atomic E-state index is 11.0. The van der Waals surface area contributed by atoms with Gasteiger partial charge < -0.3 is 10.2 Å². The van der Waals surface area contributed by atoms with Gasteiger partial charge in [-0.05, 0) is 18.2 Å². The number of nitro benzene ring substituents is 1. The second kappa shape index (κ2) is 7.17. The number of aliphatic imine (C=N–C) groups is 1. The number of nitrogens with one attached hydrogen (secondary N) is 1. The molecular formula is C19H20N4O2. The fourth-order valence-corrected chi connectivity index (χ4v) is 2.89. The van der Waals surface area contributed by atoms with Crippen LogP contribution in [0.2, 0.25) is 0 Å². The predicted molar refractivity (Wildman–Crippen MR) is 103 cm³/mol. The van der Waals surface area contributed by atoms with Crippen molar-refractivity contribution < 1.29 is 4.92 Å². The standard InChI is InChI=1S/C19H20N4O2/c1-20-17-10-8-15(23(24)25)13-14(17)7-9-18-16-5-3-4-6-19(16)22(2)12-11-21-18/h3-10,13,20H,11-12H2,1-2H3/b9-7+. The average molecular weight is 336 g/mol. The van der Waals surface area contributed by atoms with Gasteiger partial charge in [0.15, 0.2) is 0 Å². The van der Waals surface area contributed by atoms with Gasteiger partial charge in [-0.15, -0.1) is 0 Å². The van der Waals surface area contributed by atoms with E-state index in [1.807, 2.05) is 30.4 Å². The molecule has 25 heavy (non-hydrogen) atoms. The number of benzene rings is 2. The first-order valence-corrected chi connectivity index (χ1v) is 8.09. The van der Waals surface area contributed by atoms with Gasteiger partial charge in [0.25, 0.3) is 5.69 Å². The third kappa shape index (κ3) is 3.52. The van der Waals surface area contributed by atoms with Crippen LogP contribution in [0.15, 0.2) is 53.5 Å². The van der Waals surface area contributed by atoms with Crippen LogP contribution in [0.4, 0.5) is 17.1 Å². The lowest BCUT2D eigenvalue weighted by Crippen LogP contribution is -2.20. The molecule has 1 aliphatic heterocycles. The summed E-state index contributed by atoms with van der Waals surface area (Å²) >= 11 is 0. The molecular weight excluding hydrogens is 316 g/mol. The molecule has 0 amide bonds. The van der Waals surface area contributed by atoms with Gasteiger partial charge in [0.05, 0.1) is 17.2 Å². The number of non-ortho nitro benzene ring substituents is 1. The number of anilines is 2. The van der Waals surface area contributed by atoms with E-state index < -0.39 is 0 Å². The normalized spacial score (nSPS) is 14.0. The van der Waals surface area contributed by atoms with Crippen molar-refractivity contribution in [2.75, 3.05) is 37.4 Å². The smallest absolute Gasteiger partial charge is 0.270 e. The monoisotopic (exact) mass is 336 g/mol. The minimum absolute atomic E-state index is 0.0709. The molecule has 0 saturated carbocycles. The Balaban J connectivity index is 1.99. The molecule has 2 aromatic carbocycles. The molecule has 0 radical (unpaired) electrons. The number of likely N-dealkylation sites (N-methyl/N-ethyl adjacent to an activating group) is 1. The summed E-state index contributed by atoms with van der Waals surface area (Å²) in [5, 5.41) is 14.1. The number of para-hydroxylation sites is 1. The van der Waals surface area contributed by atoms with Gasteiger partial charge in [0, 0.05) is 55.3 Å². The highest BCUT2D eigenvalue weighted by molar-refractivity contribution is 6.14. The van der Waals surface area contributed by atoms with Crippen molar-refractivity contribution >= 4 is 28.8 Å². The summed E-state index contributed by atoms with van der Waals surface area (Å²) in [7, 11) is 3.85. The maximum Gasteiger partial charge on any atom is 0.270 e. The van der Waals surface area contributed by atoms with E-state index in [0.717, 1.165) is 34.8 Å². The van der Waals surface area contributed by atoms with E-state index in [1.165, 1.54) is 6.07 Å². The van der Waals surface area contributed by atoms with Crippen molar-refractivity contribution in [1.29, 1.82) is 0 Å². The molecule has 1 N–H and O–H groups in total. The van der Waals surface area contributed by atoms with E-state index in [4.69, 9.17) is 0 Å². The van der Waals surface area contributed by atoms with Gasteiger partial charge in [-0.3, -0.25) is 15.1 Å². The van der Waals surface area contributed by atoms with Gasteiger partial charge in [-0.25, -0.2) is 0 Å². The molecule has 0 spiro atoms. The first kappa shape index (κ1) is 16.7. The van der Waals surface area contributed by atoms with Gasteiger partial charge in [-0.1, -0.05) is 24.3 Å². The van der Waals surface area contributed by atoms with E-state index >= 15 is 0 Å². The van der Waals surface area contributed by atoms with Crippen LogP contribution < -0.4 is 10.2 Å². The third-order valence-corrected chi connectivity index (χ3v) is 4.24. The summed E-state index contributed by atoms with van der Waals surface area (Å²) in [5.41, 5.74) is 4.75. The number of benzodiazepines with no additional fused rings is 1. The second-order valence-corrected chi connectivity index (χ2v) is 5.82. The third-order valence-electron chi connectivity index (χ3n) is 4.24. The van der Waals surface area contributed by atoms with Crippen molar-refractivity contribution in [3.8, 4) is 0 Å². The van der Waals surface area contributed by atoms with Crippen LogP contribution in [0.3, 0.4) is 0 Å². The number of fused-ring (bicyclic) bond motifs is 1. The zero-order valence-corrected chi connectivity index (χ0v) is 14.3. The molecule has 3 rings (SSSR count). The van der Waals surface area contributed by atoms with E-state index in [2.05, 4.69) is 28.3 Å². The highest BCUT2D eigenvalue weighted by Crippen LogP contribution is 2.25. The van der Waals surface area contributed by atoms with E-state index in [-0.39, 0.29) is 10.6 Å². The van der Waals surface area contributed by atoms with Crippen LogP contribution >= 0.6 is 0 Å². The Morgan fingerprint density at radius 3 is 2.80 bits per heavy atom. The maximum atomic E-state index is 11.0. The van der Waals surface area contributed by atoms with Crippen molar-refractivity contribution in [3.63, 3.8) is 0 Å². The summed E-state index contributed by atoms with van der Waals surface area (Å²) in [6, 6.07) is 12.9. The molecule has 0 fully saturated rings. The number of allylic oxidation sites excluding steroid dienone is 1. The number of rotatable bonds is 4. The van der Waals surface area contributed by atoms with Gasteiger partial charge in [0.1, 0.15) is 0 Å². The van der Waals surface area contributed by atoms with Gasteiger partial charge in [-0.2, -0.15) is 0 Å². The summed E-state index contributed by atoms with van der Waals surface area (Å²) in [6.07, 6.45) is 3.80. The molecule has 1 heterocycles. The Kier molecular flexibility index (Phi) is 4.79. The molecule has 0 atom stereocenters. The number of nitrogens with zero attached hydrogens (tertiary/aromatic N) is 3. The lowest BCUT2D eigenvalue weighted by atomic mass is 10.0. The van der Waals surface area contributed by atoms with E-state index in [0.29, 0.717) is 6.54 Å². The topological polar surface area (TPSA) is 70.8 Å². The number of hydrogen-bond donors (Lipinski definition) is 1. The minimum atomic E-state index is -0.385. The van der Waals surface area contributed by atoms with Crippen LogP contribution in [0, 0.1) is 10.1 Å². The zero-order valence-electron chi connectivity index (χ0n) is 14.3. The molecule has 6 nitrogen and oxygen atoms in total. The average Bonchev–Trinajstić information content (AvgIpc) is 2.79. The number of hydrogen-bond acceptors (Lipinski definition) is 5. The molecule has 128 valence electrons. The lowest BCUT2D eigenvalue weighted by Gasteiger charge is -2.18. The van der Waals surface area contributed by atoms with Crippen LogP contribution in [0.25, 0.3) is 6.08 Å². The quantitative estimate of drug-likeness (QED) is 0.684. The molecule has 0 unspecified atom stereocenters. The van der Waals surface area contributed by atoms with Crippen LogP contribution in [-0.4, -0.2) is 37.8 Å². The summed E-state index contributed by atoms with van der Waals surface area (Å²) < 4.78 is 0. The molecule has 1 aliphatic rings. The Hall–Kier alpha value is -3.15. The first-order valence-electron chi connectivity index (χ1n) is 8.09. The minimum Gasteiger partial charge on any atom is -0.388 e. The molecule has 0 saturated heterocycles. The first-order chi connectivity index (χ1) is 12.1. The highest BCUT2D eigenvalue weighted by Gasteiger charge is 2.14. The van der Waals surface area contributed by atoms with Crippen molar-refractivity contribution in [1.82, 2.24) is 0 Å². The van der Waals surface area contributed by atoms with Gasteiger partial charge >= 0.3 is 0 Å². The highest BCUT2D eigenvalue weighted by atomic mass is 16.6. The van der Waals surface area contributed by atoms with Crippen LogP contribution in [-0.2, 0) is 0 Å². The molecule has 6 heteroatoms. The van der Waals surface area contributed by atoms with Crippen molar-refractivity contribution in [2.45, 2.75) is 0 Å². The van der Waals surface area contributed by atoms with Crippen LogP contribution in [0.5, 0.6) is 0 Å². The molecule has 2 aromatic rings. The van der Waals surface area contributed by atoms with Crippen molar-refractivity contribution in [3.05, 3.63) is 69.8 Å². The van der Waals surface area contributed by atoms with Gasteiger partial charge in [0.2, 0.25) is 0 Å². The lowest BCUT2D eigenvalue weighted by molar-refractivity contribution is -0.384. The summed E-state index contributed by atoms with van der Waals surface area (Å²) in [6.45, 7) is 1.56. The summed E-state index contributed by atoms with van der Waals surface area (Å²) in [4.78, 5) is 17.5. The second-order valence-electron chi connectivity index (χ2n) is 5.82. The van der Waals surface area contributed by atoms with E-state index in [1.54, 1.807) is 19.2 Å². The Morgan fingerprint density at radius 1 is 1.24 bits per heavy atom. The fraction of sp³-hybridized carbons (Fsp3) is 0.211. The van der Waals surface area contributed by atoms with Crippen LogP contribution in [0.1, 0.15) is 11.1 Å². The Morgan fingerprint density at radius 2 is 2.04 bits per heavy atom. The molecule has 0 bridgehead atoms.